The molecule has 96 valence electrons. The molecule has 6 nitrogen and oxygen atoms in total. The molecule has 7 heteroatoms. The molecule has 1 aliphatic heterocycles. The summed E-state index contributed by atoms with van der Waals surface area (Å²) < 4.78 is 27.6. The van der Waals surface area contributed by atoms with E-state index in [0.29, 0.717) is 6.54 Å². The van der Waals surface area contributed by atoms with Crippen LogP contribution >= 0.6 is 0 Å². The molecule has 0 aliphatic carbocycles. The van der Waals surface area contributed by atoms with Crippen LogP contribution in [0, 0.1) is 5.92 Å². The molecule has 2 atom stereocenters. The van der Waals surface area contributed by atoms with Crippen LogP contribution in [0.5, 0.6) is 0 Å². The van der Waals surface area contributed by atoms with Gasteiger partial charge in [0.15, 0.2) is 5.03 Å². The molecule has 2 rings (SSSR count). The summed E-state index contributed by atoms with van der Waals surface area (Å²) in [7, 11) is -1.85. The zero-order valence-electron chi connectivity index (χ0n) is 9.94. The van der Waals surface area contributed by atoms with Gasteiger partial charge >= 0.3 is 0 Å². The van der Waals surface area contributed by atoms with E-state index in [4.69, 9.17) is 0 Å². The quantitative estimate of drug-likeness (QED) is 0.816. The molecule has 1 aromatic rings. The lowest BCUT2D eigenvalue weighted by atomic mass is 10.0. The SMILES string of the molecule is CC1CCN(S(=O)(=O)c2cn(C)cn2)C1CO. The average molecular weight is 259 g/mol. The molecule has 0 radical (unpaired) electrons. The number of aryl methyl sites for hydroxylation is 1. The zero-order valence-corrected chi connectivity index (χ0v) is 10.8. The summed E-state index contributed by atoms with van der Waals surface area (Å²) in [6.45, 7) is 2.26. The van der Waals surface area contributed by atoms with Gasteiger partial charge in [-0.15, -0.1) is 0 Å². The molecule has 0 bridgehead atoms. The van der Waals surface area contributed by atoms with Crippen molar-refractivity contribution in [3.8, 4) is 0 Å². The first-order chi connectivity index (χ1) is 7.96. The molecule has 0 saturated carbocycles. The van der Waals surface area contributed by atoms with Crippen molar-refractivity contribution in [2.45, 2.75) is 24.4 Å². The van der Waals surface area contributed by atoms with Crippen LogP contribution in [0.4, 0.5) is 0 Å². The molecule has 1 aromatic heterocycles. The Kier molecular flexibility index (Phi) is 3.24. The summed E-state index contributed by atoms with van der Waals surface area (Å²) in [5, 5.41) is 9.34. The van der Waals surface area contributed by atoms with Crippen LogP contribution < -0.4 is 0 Å². The van der Waals surface area contributed by atoms with Crippen molar-refractivity contribution < 1.29 is 13.5 Å². The number of nitrogens with zero attached hydrogens (tertiary/aromatic N) is 3. The minimum Gasteiger partial charge on any atom is -0.395 e. The first kappa shape index (κ1) is 12.5. The second-order valence-corrected chi connectivity index (χ2v) is 6.35. The molecule has 1 fully saturated rings. The number of rotatable bonds is 3. The van der Waals surface area contributed by atoms with Gasteiger partial charge in [-0.1, -0.05) is 6.92 Å². The van der Waals surface area contributed by atoms with Gasteiger partial charge in [-0.05, 0) is 12.3 Å². The second kappa shape index (κ2) is 4.40. The first-order valence-electron chi connectivity index (χ1n) is 5.57. The van der Waals surface area contributed by atoms with Crippen LogP contribution in [0.1, 0.15) is 13.3 Å². The summed E-state index contributed by atoms with van der Waals surface area (Å²) >= 11 is 0. The highest BCUT2D eigenvalue weighted by Gasteiger charge is 2.40. The molecular formula is C10H17N3O3S. The normalized spacial score (nSPS) is 26.5. The second-order valence-electron chi connectivity index (χ2n) is 4.51. The Hall–Kier alpha value is -0.920. The summed E-state index contributed by atoms with van der Waals surface area (Å²) in [5.74, 6) is 0.179. The number of aliphatic hydroxyl groups excluding tert-OH is 1. The number of hydrogen-bond donors (Lipinski definition) is 1. The van der Waals surface area contributed by atoms with Crippen molar-refractivity contribution in [2.24, 2.45) is 13.0 Å². The Morgan fingerprint density at radius 1 is 1.59 bits per heavy atom. The van der Waals surface area contributed by atoms with E-state index in [2.05, 4.69) is 4.98 Å². The zero-order chi connectivity index (χ0) is 12.6. The molecule has 0 aromatic carbocycles. The van der Waals surface area contributed by atoms with Gasteiger partial charge in [-0.3, -0.25) is 0 Å². The van der Waals surface area contributed by atoms with Gasteiger partial charge in [0.05, 0.1) is 19.0 Å². The third kappa shape index (κ3) is 2.10. The van der Waals surface area contributed by atoms with Crippen molar-refractivity contribution in [1.29, 1.82) is 0 Å². The van der Waals surface area contributed by atoms with E-state index in [1.807, 2.05) is 6.92 Å². The molecule has 17 heavy (non-hydrogen) atoms. The van der Waals surface area contributed by atoms with E-state index < -0.39 is 10.0 Å². The molecule has 1 saturated heterocycles. The fraction of sp³-hybridized carbons (Fsp3) is 0.700. The lowest BCUT2D eigenvalue weighted by molar-refractivity contribution is 0.191. The Bertz CT molecular complexity index is 497. The standard InChI is InChI=1S/C10H17N3O3S/c1-8-3-4-13(9(8)6-14)17(15,16)10-5-12(2)7-11-10/h5,7-9,14H,3-4,6H2,1-2H3. The molecule has 1 aliphatic rings. The lowest BCUT2D eigenvalue weighted by Crippen LogP contribution is -2.39. The molecule has 2 heterocycles. The maximum atomic E-state index is 12.3. The van der Waals surface area contributed by atoms with Crippen LogP contribution in [0.2, 0.25) is 0 Å². The minimum atomic E-state index is -3.57. The highest BCUT2D eigenvalue weighted by atomic mass is 32.2. The van der Waals surface area contributed by atoms with Gasteiger partial charge in [0.1, 0.15) is 0 Å². The Morgan fingerprint density at radius 2 is 2.29 bits per heavy atom. The Morgan fingerprint density at radius 3 is 2.82 bits per heavy atom. The maximum absolute atomic E-state index is 12.3. The minimum absolute atomic E-state index is 0.0487. The van der Waals surface area contributed by atoms with E-state index in [9.17, 15) is 13.5 Å². The van der Waals surface area contributed by atoms with Crippen molar-refractivity contribution in [1.82, 2.24) is 13.9 Å². The molecule has 1 N–H and O–H groups in total. The van der Waals surface area contributed by atoms with Crippen LogP contribution in [0.25, 0.3) is 0 Å². The van der Waals surface area contributed by atoms with Crippen LogP contribution in [-0.2, 0) is 17.1 Å². The van der Waals surface area contributed by atoms with E-state index >= 15 is 0 Å². The van der Waals surface area contributed by atoms with Gasteiger partial charge in [-0.2, -0.15) is 4.31 Å². The Balaban J connectivity index is 2.33. The largest absolute Gasteiger partial charge is 0.395 e. The maximum Gasteiger partial charge on any atom is 0.262 e. The summed E-state index contributed by atoms with van der Waals surface area (Å²) in [4.78, 5) is 3.88. The fourth-order valence-corrected chi connectivity index (χ4v) is 3.88. The number of imidazole rings is 1. The summed E-state index contributed by atoms with van der Waals surface area (Å²) in [6, 6.07) is -0.331. The highest BCUT2D eigenvalue weighted by molar-refractivity contribution is 7.89. The number of aromatic nitrogens is 2. The van der Waals surface area contributed by atoms with E-state index in [1.54, 1.807) is 11.6 Å². The third-order valence-corrected chi connectivity index (χ3v) is 5.08. The van der Waals surface area contributed by atoms with Gasteiger partial charge < -0.3 is 9.67 Å². The average Bonchev–Trinajstić information content (AvgIpc) is 2.84. The van der Waals surface area contributed by atoms with Crippen LogP contribution in [0.3, 0.4) is 0 Å². The van der Waals surface area contributed by atoms with Crippen LogP contribution in [0.15, 0.2) is 17.6 Å². The van der Waals surface area contributed by atoms with Gasteiger partial charge in [0.25, 0.3) is 10.0 Å². The monoisotopic (exact) mass is 259 g/mol. The first-order valence-corrected chi connectivity index (χ1v) is 7.01. The highest BCUT2D eigenvalue weighted by Crippen LogP contribution is 2.28. The van der Waals surface area contributed by atoms with E-state index in [0.717, 1.165) is 6.42 Å². The van der Waals surface area contributed by atoms with Gasteiger partial charge in [-0.25, -0.2) is 13.4 Å². The smallest absolute Gasteiger partial charge is 0.262 e. The fourth-order valence-electron chi connectivity index (χ4n) is 2.18. The van der Waals surface area contributed by atoms with Gasteiger partial charge in [0, 0.05) is 19.8 Å². The predicted octanol–water partition coefficient (Wildman–Crippen LogP) is -0.188. The molecule has 0 amide bonds. The summed E-state index contributed by atoms with van der Waals surface area (Å²) in [5.41, 5.74) is 0. The molecule has 2 unspecified atom stereocenters. The Labute approximate surface area is 101 Å². The van der Waals surface area contributed by atoms with Crippen molar-refractivity contribution in [3.05, 3.63) is 12.5 Å². The van der Waals surface area contributed by atoms with Crippen molar-refractivity contribution in [3.63, 3.8) is 0 Å². The topological polar surface area (TPSA) is 75.4 Å². The lowest BCUT2D eigenvalue weighted by Gasteiger charge is -2.23. The molecule has 0 spiro atoms. The van der Waals surface area contributed by atoms with Crippen molar-refractivity contribution in [2.75, 3.05) is 13.2 Å². The van der Waals surface area contributed by atoms with E-state index in [-0.39, 0.29) is 23.6 Å². The van der Waals surface area contributed by atoms with Gasteiger partial charge in [0.2, 0.25) is 0 Å². The molecular weight excluding hydrogens is 242 g/mol. The third-order valence-electron chi connectivity index (χ3n) is 3.27. The van der Waals surface area contributed by atoms with E-state index in [1.165, 1.54) is 16.8 Å². The van der Waals surface area contributed by atoms with Crippen LogP contribution in [-0.4, -0.2) is 46.6 Å². The predicted molar refractivity (Wildman–Crippen MR) is 61.8 cm³/mol. The number of sulfonamides is 1. The van der Waals surface area contributed by atoms with Crippen molar-refractivity contribution >= 4 is 10.0 Å². The number of aliphatic hydroxyl groups is 1. The number of hydrogen-bond acceptors (Lipinski definition) is 4. The summed E-state index contributed by atoms with van der Waals surface area (Å²) in [6.07, 6.45) is 3.71.